The predicted molar refractivity (Wildman–Crippen MR) is 110 cm³/mol. The summed E-state index contributed by atoms with van der Waals surface area (Å²) in [5.74, 6) is 0.457. The Hall–Kier alpha value is -1.72. The first-order valence-electron chi connectivity index (χ1n) is 8.34. The second-order valence-corrected chi connectivity index (χ2v) is 7.09. The van der Waals surface area contributed by atoms with Crippen molar-refractivity contribution in [3.63, 3.8) is 0 Å². The highest BCUT2D eigenvalue weighted by Gasteiger charge is 2.14. The molecule has 0 radical (unpaired) electrons. The molecule has 0 spiro atoms. The Labute approximate surface area is 165 Å². The molecular weight excluding hydrogens is 366 g/mol. The van der Waals surface area contributed by atoms with Crippen LogP contribution in [0.2, 0.25) is 0 Å². The molecule has 0 saturated heterocycles. The number of hydrogen-bond acceptors (Lipinski definition) is 4. The maximum Gasteiger partial charge on any atom is 0.0722 e. The maximum absolute atomic E-state index is 10.3. The van der Waals surface area contributed by atoms with Crippen LogP contribution in [-0.4, -0.2) is 16.3 Å². The highest BCUT2D eigenvalue weighted by atomic mass is 35.5. The van der Waals surface area contributed by atoms with Crippen LogP contribution >= 0.6 is 23.5 Å². The molecule has 1 N–H and O–H groups in total. The molecule has 0 atom stereocenters. The summed E-state index contributed by atoms with van der Waals surface area (Å²) in [6.45, 7) is 12.6. The standard InChI is InChI=1S/C21H24ClNO2S/c1-5-25-14-18-12-17(13-22)10-11-19(18)20-8-6-7-9-21(20)26-23(24)16(4)15(2)3/h6-12,24H,2,4-5,13-14H2,1,3H3. The Morgan fingerprint density at radius 2 is 1.92 bits per heavy atom. The van der Waals surface area contributed by atoms with Crippen molar-refractivity contribution in [2.24, 2.45) is 0 Å². The van der Waals surface area contributed by atoms with Gasteiger partial charge in [-0.1, -0.05) is 49.6 Å². The van der Waals surface area contributed by atoms with E-state index in [1.807, 2.05) is 44.2 Å². The third-order valence-electron chi connectivity index (χ3n) is 3.87. The average Bonchev–Trinajstić information content (AvgIpc) is 2.65. The van der Waals surface area contributed by atoms with Crippen LogP contribution in [0, 0.1) is 0 Å². The fourth-order valence-corrected chi connectivity index (χ4v) is 3.44. The van der Waals surface area contributed by atoms with Crippen molar-refractivity contribution in [1.82, 2.24) is 4.47 Å². The quantitative estimate of drug-likeness (QED) is 0.232. The van der Waals surface area contributed by atoms with Crippen LogP contribution in [0.15, 0.2) is 71.8 Å². The van der Waals surface area contributed by atoms with Crippen molar-refractivity contribution in [3.8, 4) is 11.1 Å². The lowest BCUT2D eigenvalue weighted by molar-refractivity contribution is 0.0573. The third kappa shape index (κ3) is 5.15. The number of allylic oxidation sites excluding steroid dienone is 1. The van der Waals surface area contributed by atoms with Gasteiger partial charge in [0.25, 0.3) is 0 Å². The molecule has 26 heavy (non-hydrogen) atoms. The minimum Gasteiger partial charge on any atom is -0.377 e. The van der Waals surface area contributed by atoms with Crippen molar-refractivity contribution < 1.29 is 9.94 Å². The van der Waals surface area contributed by atoms with Crippen molar-refractivity contribution in [1.29, 1.82) is 0 Å². The molecule has 0 aromatic heterocycles. The first-order valence-corrected chi connectivity index (χ1v) is 9.65. The Kier molecular flexibility index (Phi) is 7.79. The fraction of sp³-hybridized carbons (Fsp3) is 0.238. The zero-order valence-electron chi connectivity index (χ0n) is 15.2. The normalized spacial score (nSPS) is 10.6. The van der Waals surface area contributed by atoms with Crippen LogP contribution in [0.1, 0.15) is 25.0 Å². The lowest BCUT2D eigenvalue weighted by atomic mass is 9.98. The molecule has 2 aromatic rings. The second-order valence-electron chi connectivity index (χ2n) is 5.85. The first-order chi connectivity index (χ1) is 12.5. The van der Waals surface area contributed by atoms with Crippen LogP contribution in [0.3, 0.4) is 0 Å². The summed E-state index contributed by atoms with van der Waals surface area (Å²) in [5, 5.41) is 10.3. The molecule has 2 rings (SSSR count). The average molecular weight is 390 g/mol. The SMILES string of the molecule is C=C(C)C(=C)N(O)Sc1ccccc1-c1ccc(CCl)cc1COCC. The molecule has 0 saturated carbocycles. The Morgan fingerprint density at radius 3 is 2.58 bits per heavy atom. The van der Waals surface area contributed by atoms with Crippen molar-refractivity contribution in [2.45, 2.75) is 31.2 Å². The smallest absolute Gasteiger partial charge is 0.0722 e. The first kappa shape index (κ1) is 20.6. The minimum atomic E-state index is 0.457. The summed E-state index contributed by atoms with van der Waals surface area (Å²) in [5.41, 5.74) is 5.38. The molecule has 0 amide bonds. The van der Waals surface area contributed by atoms with Gasteiger partial charge in [-0.15, -0.1) is 11.6 Å². The number of benzene rings is 2. The minimum absolute atomic E-state index is 0.457. The third-order valence-corrected chi connectivity index (χ3v) is 5.13. The van der Waals surface area contributed by atoms with Gasteiger partial charge in [0.1, 0.15) is 0 Å². The van der Waals surface area contributed by atoms with E-state index < -0.39 is 0 Å². The molecule has 0 bridgehead atoms. The van der Waals surface area contributed by atoms with Gasteiger partial charge in [0.2, 0.25) is 0 Å². The monoisotopic (exact) mass is 389 g/mol. The highest BCUT2D eigenvalue weighted by Crippen LogP contribution is 2.37. The van der Waals surface area contributed by atoms with Crippen LogP contribution in [0.4, 0.5) is 0 Å². The molecule has 2 aromatic carbocycles. The molecule has 3 nitrogen and oxygen atoms in total. The number of nitrogens with zero attached hydrogens (tertiary/aromatic N) is 1. The number of hydroxylamine groups is 1. The zero-order chi connectivity index (χ0) is 19.1. The van der Waals surface area contributed by atoms with Gasteiger partial charge in [-0.05, 0) is 47.7 Å². The van der Waals surface area contributed by atoms with Crippen molar-refractivity contribution >= 4 is 23.5 Å². The Balaban J connectivity index is 2.43. The molecule has 0 unspecified atom stereocenters. The van der Waals surface area contributed by atoms with E-state index in [-0.39, 0.29) is 0 Å². The van der Waals surface area contributed by atoms with E-state index in [9.17, 15) is 5.21 Å². The van der Waals surface area contributed by atoms with Gasteiger partial charge in [0.05, 0.1) is 12.3 Å². The molecule has 5 heteroatoms. The van der Waals surface area contributed by atoms with E-state index in [2.05, 4.69) is 25.3 Å². The van der Waals surface area contributed by atoms with E-state index in [0.29, 0.717) is 30.4 Å². The van der Waals surface area contributed by atoms with Crippen molar-refractivity contribution in [3.05, 3.63) is 78.0 Å². The van der Waals surface area contributed by atoms with E-state index in [1.54, 1.807) is 0 Å². The Morgan fingerprint density at radius 1 is 1.19 bits per heavy atom. The lowest BCUT2D eigenvalue weighted by Gasteiger charge is -2.20. The van der Waals surface area contributed by atoms with Gasteiger partial charge in [-0.25, -0.2) is 0 Å². The molecule has 0 aliphatic heterocycles. The maximum atomic E-state index is 10.3. The van der Waals surface area contributed by atoms with Gasteiger partial charge >= 0.3 is 0 Å². The fourth-order valence-electron chi connectivity index (χ4n) is 2.40. The molecule has 0 fully saturated rings. The molecule has 0 aliphatic rings. The van der Waals surface area contributed by atoms with Crippen LogP contribution in [0.25, 0.3) is 11.1 Å². The van der Waals surface area contributed by atoms with Gasteiger partial charge in [0, 0.05) is 29.3 Å². The number of hydrogen-bond donors (Lipinski definition) is 1. The van der Waals surface area contributed by atoms with Gasteiger partial charge in [0.15, 0.2) is 0 Å². The summed E-state index contributed by atoms with van der Waals surface area (Å²) < 4.78 is 6.69. The van der Waals surface area contributed by atoms with E-state index >= 15 is 0 Å². The van der Waals surface area contributed by atoms with E-state index in [0.717, 1.165) is 31.6 Å². The van der Waals surface area contributed by atoms with E-state index in [1.165, 1.54) is 11.9 Å². The molecule has 138 valence electrons. The van der Waals surface area contributed by atoms with Gasteiger partial charge in [-0.3, -0.25) is 5.21 Å². The van der Waals surface area contributed by atoms with Crippen LogP contribution < -0.4 is 0 Å². The summed E-state index contributed by atoms with van der Waals surface area (Å²) in [7, 11) is 0. The number of ether oxygens (including phenoxy) is 1. The topological polar surface area (TPSA) is 32.7 Å². The van der Waals surface area contributed by atoms with Crippen LogP contribution in [-0.2, 0) is 17.2 Å². The van der Waals surface area contributed by atoms with Crippen LogP contribution in [0.5, 0.6) is 0 Å². The largest absolute Gasteiger partial charge is 0.377 e. The molecule has 0 aliphatic carbocycles. The molecular formula is C21H24ClNO2S. The lowest BCUT2D eigenvalue weighted by Crippen LogP contribution is -2.09. The number of halogens is 1. The summed E-state index contributed by atoms with van der Waals surface area (Å²) in [4.78, 5) is 0.911. The number of alkyl halides is 1. The zero-order valence-corrected chi connectivity index (χ0v) is 16.7. The summed E-state index contributed by atoms with van der Waals surface area (Å²) in [6.07, 6.45) is 0. The van der Waals surface area contributed by atoms with Gasteiger partial charge < -0.3 is 4.74 Å². The predicted octanol–water partition coefficient (Wildman–Crippen LogP) is 6.42. The Bertz CT molecular complexity index is 791. The van der Waals surface area contributed by atoms with Crippen molar-refractivity contribution in [2.75, 3.05) is 6.61 Å². The van der Waals surface area contributed by atoms with Gasteiger partial charge in [-0.2, -0.15) is 4.47 Å². The summed E-state index contributed by atoms with van der Waals surface area (Å²) in [6, 6.07) is 14.1. The van der Waals surface area contributed by atoms with E-state index in [4.69, 9.17) is 16.3 Å². The highest BCUT2D eigenvalue weighted by molar-refractivity contribution is 7.97. The second kappa shape index (κ2) is 9.83. The molecule has 0 heterocycles. The summed E-state index contributed by atoms with van der Waals surface area (Å²) >= 11 is 7.20. The number of rotatable bonds is 9.